The highest BCUT2D eigenvalue weighted by atomic mass is 32.2. The SMILES string of the molecule is C=CCN(CCCCC)C(=O)C1N(CCCO)C(=O)[C@@H]2[C@H](C(=O)N(CC=C)c3ccc(OCC)cc3)[C@@H]3CCC12S3. The van der Waals surface area contributed by atoms with Crippen LogP contribution in [0.1, 0.15) is 52.4 Å². The summed E-state index contributed by atoms with van der Waals surface area (Å²) >= 11 is 1.68. The third-order valence-electron chi connectivity index (χ3n) is 8.61. The molecule has 3 aliphatic heterocycles. The van der Waals surface area contributed by atoms with E-state index in [0.717, 1.165) is 43.5 Å². The van der Waals surface area contributed by atoms with Gasteiger partial charge in [0, 0.05) is 43.7 Å². The summed E-state index contributed by atoms with van der Waals surface area (Å²) in [5, 5.41) is 9.59. The Morgan fingerprint density at radius 1 is 1.12 bits per heavy atom. The summed E-state index contributed by atoms with van der Waals surface area (Å²) in [7, 11) is 0. The van der Waals surface area contributed by atoms with Crippen molar-refractivity contribution in [3.05, 3.63) is 49.6 Å². The van der Waals surface area contributed by atoms with Crippen LogP contribution in [0.2, 0.25) is 0 Å². The lowest BCUT2D eigenvalue weighted by molar-refractivity contribution is -0.142. The van der Waals surface area contributed by atoms with Crippen LogP contribution in [0.4, 0.5) is 5.69 Å². The second-order valence-corrected chi connectivity index (χ2v) is 12.7. The number of fused-ring (bicyclic) bond motifs is 1. The lowest BCUT2D eigenvalue weighted by Crippen LogP contribution is -2.55. The van der Waals surface area contributed by atoms with Crippen molar-refractivity contribution in [2.45, 2.75) is 68.4 Å². The molecule has 1 N–H and O–H groups in total. The quantitative estimate of drug-likeness (QED) is 0.231. The van der Waals surface area contributed by atoms with Crippen LogP contribution in [0.25, 0.3) is 0 Å². The van der Waals surface area contributed by atoms with Crippen molar-refractivity contribution >= 4 is 35.2 Å². The van der Waals surface area contributed by atoms with Crippen LogP contribution in [0.5, 0.6) is 5.75 Å². The number of hydrogen-bond acceptors (Lipinski definition) is 6. The molecule has 9 heteroatoms. The molecule has 3 heterocycles. The maximum Gasteiger partial charge on any atom is 0.247 e. The first-order valence-electron chi connectivity index (χ1n) is 15.0. The number of hydrogen-bond donors (Lipinski definition) is 1. The smallest absolute Gasteiger partial charge is 0.247 e. The summed E-state index contributed by atoms with van der Waals surface area (Å²) in [6.07, 6.45) is 8.28. The van der Waals surface area contributed by atoms with Crippen LogP contribution in [-0.2, 0) is 14.4 Å². The predicted molar refractivity (Wildman–Crippen MR) is 164 cm³/mol. The number of unbranched alkanes of at least 4 members (excludes halogenated alkanes) is 2. The molecule has 3 aliphatic rings. The zero-order chi connectivity index (χ0) is 29.6. The first kappa shape index (κ1) is 31.2. The third kappa shape index (κ3) is 5.93. The van der Waals surface area contributed by atoms with Gasteiger partial charge in [-0.05, 0) is 56.9 Å². The highest BCUT2D eigenvalue weighted by Gasteiger charge is 2.74. The van der Waals surface area contributed by atoms with E-state index in [4.69, 9.17) is 4.74 Å². The minimum absolute atomic E-state index is 0.0327. The molecule has 3 fully saturated rings. The first-order valence-corrected chi connectivity index (χ1v) is 15.9. The number of aliphatic hydroxyl groups is 1. The van der Waals surface area contributed by atoms with Crippen molar-refractivity contribution < 1.29 is 24.2 Å². The summed E-state index contributed by atoms with van der Waals surface area (Å²) in [6, 6.07) is 6.76. The fourth-order valence-corrected chi connectivity index (χ4v) is 9.10. The lowest BCUT2D eigenvalue weighted by Gasteiger charge is -2.37. The minimum atomic E-state index is -0.655. The molecule has 1 aromatic rings. The van der Waals surface area contributed by atoms with Gasteiger partial charge in [-0.3, -0.25) is 14.4 Å². The molecule has 0 aromatic heterocycles. The molecule has 8 nitrogen and oxygen atoms in total. The van der Waals surface area contributed by atoms with Gasteiger partial charge in [0.2, 0.25) is 17.7 Å². The standard InChI is InChI=1S/C32H45N3O5S/c1-5-9-10-20-33(18-6-2)31(39)28-32-17-16-25(41-32)26(27(32)30(38)35(28)21-11-22-36)29(37)34(19-7-3)23-12-14-24(15-13-23)40-8-4/h6-7,12-15,25-28,36H,2-3,5,8-11,16-22H2,1,4H3/t25-,26+,27-,28?,32?/m0/s1. The van der Waals surface area contributed by atoms with Gasteiger partial charge >= 0.3 is 0 Å². The van der Waals surface area contributed by atoms with Crippen molar-refractivity contribution in [3.63, 3.8) is 0 Å². The largest absolute Gasteiger partial charge is 0.494 e. The fourth-order valence-electron chi connectivity index (χ4n) is 6.89. The van der Waals surface area contributed by atoms with E-state index < -0.39 is 22.6 Å². The average molecular weight is 584 g/mol. The maximum atomic E-state index is 14.3. The van der Waals surface area contributed by atoms with E-state index in [2.05, 4.69) is 20.1 Å². The van der Waals surface area contributed by atoms with E-state index in [1.54, 1.807) is 33.7 Å². The summed E-state index contributed by atoms with van der Waals surface area (Å²) in [6.45, 7) is 13.9. The Labute approximate surface area is 248 Å². The number of carbonyl (C=O) groups is 3. The van der Waals surface area contributed by atoms with Crippen LogP contribution >= 0.6 is 11.8 Å². The molecule has 3 saturated heterocycles. The van der Waals surface area contributed by atoms with Gasteiger partial charge in [-0.25, -0.2) is 0 Å². The fraction of sp³-hybridized carbons (Fsp3) is 0.594. The second-order valence-electron chi connectivity index (χ2n) is 11.1. The van der Waals surface area contributed by atoms with Gasteiger partial charge in [0.25, 0.3) is 0 Å². The average Bonchev–Trinajstić information content (AvgIpc) is 3.62. The van der Waals surface area contributed by atoms with Gasteiger partial charge in [0.15, 0.2) is 0 Å². The van der Waals surface area contributed by atoms with Gasteiger partial charge in [0.05, 0.1) is 23.2 Å². The molecule has 3 amide bonds. The molecule has 2 bridgehead atoms. The monoisotopic (exact) mass is 583 g/mol. The number of anilines is 1. The molecule has 2 unspecified atom stereocenters. The number of ether oxygens (including phenoxy) is 1. The van der Waals surface area contributed by atoms with Crippen LogP contribution in [-0.4, -0.2) is 88.1 Å². The van der Waals surface area contributed by atoms with E-state index in [1.807, 2.05) is 36.1 Å². The van der Waals surface area contributed by atoms with E-state index in [9.17, 15) is 19.5 Å². The van der Waals surface area contributed by atoms with Gasteiger partial charge in [-0.2, -0.15) is 0 Å². The number of likely N-dealkylation sites (tertiary alicyclic amines) is 1. The number of nitrogens with zero attached hydrogens (tertiary/aromatic N) is 3. The Morgan fingerprint density at radius 2 is 1.85 bits per heavy atom. The molecule has 1 spiro atoms. The van der Waals surface area contributed by atoms with E-state index in [-0.39, 0.29) is 29.6 Å². The highest BCUT2D eigenvalue weighted by molar-refractivity contribution is 8.02. The first-order chi connectivity index (χ1) is 19.9. The number of benzene rings is 1. The van der Waals surface area contributed by atoms with Gasteiger partial charge in [-0.15, -0.1) is 24.9 Å². The molecule has 0 radical (unpaired) electrons. The van der Waals surface area contributed by atoms with Gasteiger partial charge < -0.3 is 24.5 Å². The molecule has 5 atom stereocenters. The third-order valence-corrected chi connectivity index (χ3v) is 10.6. The molecule has 4 rings (SSSR count). The second kappa shape index (κ2) is 13.9. The molecule has 41 heavy (non-hydrogen) atoms. The molecule has 1 aromatic carbocycles. The zero-order valence-electron chi connectivity index (χ0n) is 24.5. The van der Waals surface area contributed by atoms with Crippen molar-refractivity contribution in [1.82, 2.24) is 9.80 Å². The number of thioether (sulfide) groups is 1. The molecule has 0 saturated carbocycles. The Morgan fingerprint density at radius 3 is 2.49 bits per heavy atom. The maximum absolute atomic E-state index is 14.3. The molecular weight excluding hydrogens is 538 g/mol. The van der Waals surface area contributed by atoms with Crippen LogP contribution in [0, 0.1) is 11.8 Å². The van der Waals surface area contributed by atoms with E-state index >= 15 is 0 Å². The summed E-state index contributed by atoms with van der Waals surface area (Å²) in [4.78, 5) is 48.1. The Kier molecular flexibility index (Phi) is 10.6. The molecular formula is C32H45N3O5S. The van der Waals surface area contributed by atoms with Crippen LogP contribution in [0.15, 0.2) is 49.6 Å². The zero-order valence-corrected chi connectivity index (χ0v) is 25.3. The number of rotatable bonds is 16. The predicted octanol–water partition coefficient (Wildman–Crippen LogP) is 4.28. The number of amides is 3. The van der Waals surface area contributed by atoms with Gasteiger partial charge in [0.1, 0.15) is 11.8 Å². The summed E-state index contributed by atoms with van der Waals surface area (Å²) in [5.74, 6) is -0.690. The summed E-state index contributed by atoms with van der Waals surface area (Å²) in [5.41, 5.74) is 0.725. The van der Waals surface area contributed by atoms with E-state index in [0.29, 0.717) is 39.2 Å². The highest BCUT2D eigenvalue weighted by Crippen LogP contribution is 2.66. The lowest BCUT2D eigenvalue weighted by atomic mass is 9.70. The Hall–Kier alpha value is -2.78. The van der Waals surface area contributed by atoms with Crippen LogP contribution in [0.3, 0.4) is 0 Å². The summed E-state index contributed by atoms with van der Waals surface area (Å²) < 4.78 is 4.92. The van der Waals surface area contributed by atoms with Crippen molar-refractivity contribution in [2.75, 3.05) is 44.3 Å². The minimum Gasteiger partial charge on any atom is -0.494 e. The van der Waals surface area contributed by atoms with E-state index in [1.165, 1.54) is 0 Å². The Bertz CT molecular complexity index is 1110. The van der Waals surface area contributed by atoms with Crippen LogP contribution < -0.4 is 9.64 Å². The topological polar surface area (TPSA) is 90.4 Å². The normalized spacial score (nSPS) is 26.1. The van der Waals surface area contributed by atoms with Crippen molar-refractivity contribution in [2.24, 2.45) is 11.8 Å². The van der Waals surface area contributed by atoms with Crippen molar-refractivity contribution in [1.29, 1.82) is 0 Å². The van der Waals surface area contributed by atoms with Gasteiger partial charge in [-0.1, -0.05) is 31.9 Å². The molecule has 0 aliphatic carbocycles. The number of aliphatic hydroxyl groups excluding tert-OH is 1. The molecule has 224 valence electrons. The van der Waals surface area contributed by atoms with Crippen molar-refractivity contribution in [3.8, 4) is 5.75 Å². The Balaban J connectivity index is 1.68. The number of carbonyl (C=O) groups excluding carboxylic acids is 3.